The number of hydrogen-bond donors (Lipinski definition) is 21. The molecule has 11 heterocycles. The van der Waals surface area contributed by atoms with Gasteiger partial charge in [0.1, 0.15) is 63.5 Å². The molecule has 0 saturated heterocycles. The van der Waals surface area contributed by atoms with Gasteiger partial charge in [-0.15, -0.1) is 0 Å². The van der Waals surface area contributed by atoms with E-state index in [-0.39, 0.29) is 104 Å². The van der Waals surface area contributed by atoms with Crippen molar-refractivity contribution >= 4 is 181 Å². The minimum absolute atomic E-state index is 0.00756. The lowest BCUT2D eigenvalue weighted by atomic mass is 10.3. The van der Waals surface area contributed by atoms with E-state index in [1.165, 1.54) is 37.0 Å². The van der Waals surface area contributed by atoms with Gasteiger partial charge in [0.25, 0.3) is 27.8 Å². The molecule has 0 fully saturated rings. The Hall–Kier alpha value is -19.3. The Morgan fingerprint density at radius 2 is 0.627 bits per heavy atom. The number of carbonyl (C=O) groups excluding carboxylic acids is 16. The zero-order valence-electron chi connectivity index (χ0n) is 80.0. The predicted molar refractivity (Wildman–Crippen MR) is 524 cm³/mol. The first-order valence-electron chi connectivity index (χ1n) is 45.1. The monoisotopic (exact) mass is 2110 g/mol. The van der Waals surface area contributed by atoms with Crippen LogP contribution in [0.4, 0.5) is 29.5 Å². The van der Waals surface area contributed by atoms with Crippen molar-refractivity contribution in [1.29, 1.82) is 0 Å². The summed E-state index contributed by atoms with van der Waals surface area (Å²) in [6.45, 7) is -14.9. The summed E-state index contributed by atoms with van der Waals surface area (Å²) in [6, 6.07) is 0.204. The molecule has 0 aromatic carbocycles. The average Bonchev–Trinajstić information content (AvgIpc) is 1.70. The number of fused-ring (bicyclic) bond motifs is 4. The van der Waals surface area contributed by atoms with Crippen molar-refractivity contribution in [3.63, 3.8) is 0 Å². The van der Waals surface area contributed by atoms with Crippen molar-refractivity contribution in [2.75, 3.05) is 178 Å². The topological polar surface area (TPSA) is 953 Å². The standard InChI is InChI=1S/C81H104N44O24S/c1-42-20-120(80(148)110-70(42)141)30-55(135)112(12-4-89-50(130)25-115(58(138)33-123-39-100-62-67(123)104-76(86)107-73(62)144)15-7-92-48(128)23-113(56(136)31-121-21-43(2)71(142)111-81(121)149)13-5-90-52(132)27-118(18-10-95-72(143)44(82)36-150)54(134)29-119-11-3-45(83)103-79(119)147)22-47(127)91-6-14-114(57(137)32-122-38-99-61-65(85)97-37-98-66(61)122)24-49(129)93-8-16-116(59(139)34-124-40-101-63-68(124)105-77(87)108-74(63)145)26-51(131)94-9-17-117(28-53(133)96-19-46(84)126)60(140)35-125-41-102-64-69(125)106-78(88)109-75(64)146/h3,11,20-21,37-41,44,150H,4-10,12-19,22-36,82H2,1-2H3,(H2,84,126)(H,89,130)(H,90,132)(H,91,127)(H,92,128)(H,93,129)(H,94,131)(H,95,143)(H,96,133)(H2,83,103,147)(H2,85,97,98)(H,110,141,148)(H,111,142,149)(H3,86,104,107,144)(H3,87,105,108,145)(H3,88,106,109,146)/t44-/m0/s1. The van der Waals surface area contributed by atoms with Gasteiger partial charge in [0.15, 0.2) is 45.0 Å². The number of anilines is 5. The number of nitrogens with two attached hydrogens (primary N) is 7. The van der Waals surface area contributed by atoms with E-state index in [1.807, 2.05) is 0 Å². The van der Waals surface area contributed by atoms with Crippen molar-refractivity contribution in [2.24, 2.45) is 11.5 Å². The van der Waals surface area contributed by atoms with Crippen LogP contribution >= 0.6 is 12.6 Å². The summed E-state index contributed by atoms with van der Waals surface area (Å²) < 4.78 is 7.23. The van der Waals surface area contributed by atoms with E-state index in [0.717, 1.165) is 99.4 Å². The fourth-order valence-electron chi connectivity index (χ4n) is 14.4. The number of aromatic nitrogens is 22. The molecule has 0 bridgehead atoms. The van der Waals surface area contributed by atoms with Crippen LogP contribution in [-0.2, 0) is 123 Å². The number of aromatic amines is 5. The number of carbonyl (C=O) groups is 16. The van der Waals surface area contributed by atoms with Gasteiger partial charge in [-0.25, -0.2) is 44.3 Å². The van der Waals surface area contributed by atoms with E-state index in [1.54, 1.807) is 0 Å². The Morgan fingerprint density at radius 1 is 0.347 bits per heavy atom. The first-order chi connectivity index (χ1) is 71.3. The largest absolute Gasteiger partial charge is 0.383 e. The summed E-state index contributed by atoms with van der Waals surface area (Å²) in [5, 5.41) is 20.0. The highest BCUT2D eigenvalue weighted by Gasteiger charge is 2.31. The third kappa shape index (κ3) is 30.9. The molecule has 27 N–H and O–H groups in total. The van der Waals surface area contributed by atoms with Gasteiger partial charge in [-0.2, -0.15) is 32.6 Å². The molecule has 0 aliphatic heterocycles. The zero-order chi connectivity index (χ0) is 109. The molecule has 150 heavy (non-hydrogen) atoms. The molecule has 68 nitrogen and oxygen atoms in total. The number of nitrogens with one attached hydrogen (secondary N) is 13. The van der Waals surface area contributed by atoms with Crippen LogP contribution in [0.15, 0.2) is 94.6 Å². The third-order valence-electron chi connectivity index (χ3n) is 22.0. The number of nitrogens with zero attached hydrogens (tertiary/aromatic N) is 24. The van der Waals surface area contributed by atoms with Gasteiger partial charge >= 0.3 is 17.1 Å². The SMILES string of the molecule is Cc1cn(CC(=O)N(CCNC(=O)CN(CCNC(=O)CN(CCNC(=O)CN(CCNC(=O)[C@@H](N)CS)C(=O)Cn2ccc(N)nc2=O)C(=O)Cn2cc(C)c(=O)[nH]c2=O)C(=O)Cn2cnc3c(=O)[nH]c(N)nc32)CC(=O)NCCN(CC(=O)NCCN(CC(=O)NCCN(CC(=O)NCC(N)=O)C(=O)Cn2cnc3c(=O)[nH]c(N)nc32)C(=O)Cn2cnc3c(=O)[nH]c(N)nc32)C(=O)Cn2cnc3c(N)ncnc32)c(=O)[nH]c1=O. The maximum Gasteiger partial charge on any atom is 0.349 e. The molecule has 0 spiro atoms. The van der Waals surface area contributed by atoms with Gasteiger partial charge in [0, 0.05) is 127 Å². The summed E-state index contributed by atoms with van der Waals surface area (Å²) in [5.41, 5.74) is 32.3. The molecule has 0 saturated carbocycles. The van der Waals surface area contributed by atoms with E-state index in [4.69, 9.17) is 40.1 Å². The molecule has 0 aliphatic carbocycles. The normalized spacial score (nSPS) is 11.3. The number of primary amides is 1. The van der Waals surface area contributed by atoms with Crippen LogP contribution in [0.1, 0.15) is 11.1 Å². The predicted octanol–water partition coefficient (Wildman–Crippen LogP) is -17.4. The van der Waals surface area contributed by atoms with Crippen molar-refractivity contribution in [3.8, 4) is 0 Å². The highest BCUT2D eigenvalue weighted by Crippen LogP contribution is 2.17. The van der Waals surface area contributed by atoms with E-state index in [9.17, 15) is 115 Å². The van der Waals surface area contributed by atoms with Crippen LogP contribution < -0.4 is 128 Å². The number of H-pyrrole nitrogens is 5. The highest BCUT2D eigenvalue weighted by atomic mass is 32.1. The minimum atomic E-state index is -1.05. The molecule has 0 unspecified atom stereocenters. The van der Waals surface area contributed by atoms with E-state index < -0.39 is 322 Å². The maximum absolute atomic E-state index is 14.6. The molecule has 0 radical (unpaired) electrons. The molecular weight excluding hydrogens is 2010 g/mol. The first kappa shape index (κ1) is 111. The summed E-state index contributed by atoms with van der Waals surface area (Å²) in [5.74, 6) is -15.4. The molecule has 16 amide bonds. The molecule has 11 rings (SSSR count). The Bertz CT molecular complexity index is 7530. The fraction of sp³-hybridized carbons (Fsp3) is 0.407. The van der Waals surface area contributed by atoms with Crippen LogP contribution in [0.2, 0.25) is 0 Å². The highest BCUT2D eigenvalue weighted by molar-refractivity contribution is 7.80. The number of imidazole rings is 4. The van der Waals surface area contributed by atoms with Crippen LogP contribution in [-0.4, -0.2) is 391 Å². The van der Waals surface area contributed by atoms with Crippen molar-refractivity contribution in [1.82, 2.24) is 184 Å². The van der Waals surface area contributed by atoms with Gasteiger partial charge in [-0.05, 0) is 19.9 Å². The van der Waals surface area contributed by atoms with Crippen LogP contribution in [0.5, 0.6) is 0 Å². The van der Waals surface area contributed by atoms with Crippen LogP contribution in [0.25, 0.3) is 44.7 Å². The zero-order valence-corrected chi connectivity index (χ0v) is 80.9. The van der Waals surface area contributed by atoms with Gasteiger partial charge < -0.3 is 135 Å². The smallest absolute Gasteiger partial charge is 0.349 e. The Balaban J connectivity index is 0.764. The fourth-order valence-corrected chi connectivity index (χ4v) is 14.5. The van der Waals surface area contributed by atoms with E-state index in [2.05, 4.69) is 130 Å². The average molecular weight is 2110 g/mol. The van der Waals surface area contributed by atoms with Crippen LogP contribution in [0, 0.1) is 13.8 Å². The Labute approximate surface area is 844 Å². The van der Waals surface area contributed by atoms with Gasteiger partial charge in [-0.1, -0.05) is 0 Å². The summed E-state index contributed by atoms with van der Waals surface area (Å²) >= 11 is 4.01. The number of aryl methyl sites for hydroxylation is 2. The quantitative estimate of drug-likeness (QED) is 0.0157. The lowest BCUT2D eigenvalue weighted by Gasteiger charge is -2.26. The second-order valence-corrected chi connectivity index (χ2v) is 33.4. The summed E-state index contributed by atoms with van der Waals surface area (Å²) in [4.78, 5) is 381. The lowest BCUT2D eigenvalue weighted by Crippen LogP contribution is -2.50. The van der Waals surface area contributed by atoms with E-state index >= 15 is 0 Å². The third-order valence-corrected chi connectivity index (χ3v) is 22.4. The number of thiol groups is 1. The molecule has 798 valence electrons. The molecule has 0 aliphatic rings. The number of rotatable bonds is 53. The number of nitrogen functional groups attached to an aromatic ring is 5. The minimum Gasteiger partial charge on any atom is -0.383 e. The first-order valence-corrected chi connectivity index (χ1v) is 45.7. The van der Waals surface area contributed by atoms with Crippen molar-refractivity contribution < 1.29 is 76.7 Å². The molecule has 69 heteroatoms. The summed E-state index contributed by atoms with van der Waals surface area (Å²) in [7, 11) is 0. The second kappa shape index (κ2) is 51.2. The Kier molecular flexibility index (Phi) is 37.9. The van der Waals surface area contributed by atoms with Gasteiger partial charge in [0.05, 0.1) is 83.7 Å². The number of hydrogen-bond acceptors (Lipinski definition) is 41. The van der Waals surface area contributed by atoms with E-state index in [0.29, 0.717) is 0 Å². The summed E-state index contributed by atoms with van der Waals surface area (Å²) in [6.07, 6.45) is 8.89. The maximum atomic E-state index is 14.6. The molecule has 11 aromatic rings. The molecular formula is C81H104N44O24S. The van der Waals surface area contributed by atoms with Gasteiger partial charge in [-0.3, -0.25) is 139 Å². The second-order valence-electron chi connectivity index (χ2n) is 33.1. The molecule has 11 aromatic heterocycles. The molecule has 1 atom stereocenters. The number of amides is 16. The van der Waals surface area contributed by atoms with Crippen molar-refractivity contribution in [3.05, 3.63) is 151 Å². The van der Waals surface area contributed by atoms with Gasteiger partial charge in [0.2, 0.25) is 112 Å². The lowest BCUT2D eigenvalue weighted by molar-refractivity contribution is -0.138. The Morgan fingerprint density at radius 3 is 0.927 bits per heavy atom. The van der Waals surface area contributed by atoms with Crippen molar-refractivity contribution in [2.45, 2.75) is 65.7 Å². The van der Waals surface area contributed by atoms with Crippen LogP contribution in [0.3, 0.4) is 0 Å².